The number of hydrogen-bond acceptors (Lipinski definition) is 2. The molecule has 120 valence electrons. The van der Waals surface area contributed by atoms with Crippen molar-refractivity contribution < 1.29 is 18.0 Å². The highest BCUT2D eigenvalue weighted by atomic mass is 19.4. The molecule has 1 aliphatic carbocycles. The first-order valence-electron chi connectivity index (χ1n) is 7.52. The van der Waals surface area contributed by atoms with Gasteiger partial charge < -0.3 is 10.2 Å². The topological polar surface area (TPSA) is 32.3 Å². The minimum absolute atomic E-state index is 0.0520. The zero-order valence-electron chi connectivity index (χ0n) is 12.4. The van der Waals surface area contributed by atoms with Gasteiger partial charge in [0.2, 0.25) is 5.91 Å². The van der Waals surface area contributed by atoms with Gasteiger partial charge in [-0.1, -0.05) is 18.2 Å². The van der Waals surface area contributed by atoms with Crippen LogP contribution >= 0.6 is 0 Å². The number of nitrogens with zero attached hydrogens (tertiary/aromatic N) is 1. The monoisotopic (exact) mass is 312 g/mol. The van der Waals surface area contributed by atoms with Crippen LogP contribution in [0.4, 0.5) is 13.2 Å². The largest absolute Gasteiger partial charge is 0.416 e. The van der Waals surface area contributed by atoms with Gasteiger partial charge in [-0.3, -0.25) is 4.79 Å². The van der Waals surface area contributed by atoms with Gasteiger partial charge in [-0.25, -0.2) is 0 Å². The molecule has 0 aromatic heterocycles. The molecule has 3 nitrogen and oxygen atoms in total. The van der Waals surface area contributed by atoms with E-state index in [1.54, 1.807) is 18.0 Å². The number of alkyl halides is 3. The third-order valence-corrected chi connectivity index (χ3v) is 4.68. The second kappa shape index (κ2) is 5.57. The molecule has 1 N–H and O–H groups in total. The minimum atomic E-state index is -4.34. The van der Waals surface area contributed by atoms with Crippen LogP contribution in [0.3, 0.4) is 0 Å². The number of carbonyl (C=O) groups excluding carboxylic acids is 1. The van der Waals surface area contributed by atoms with Gasteiger partial charge in [0.1, 0.15) is 0 Å². The molecular weight excluding hydrogens is 293 g/mol. The first-order valence-corrected chi connectivity index (χ1v) is 7.52. The number of benzene rings is 1. The number of rotatable bonds is 3. The Morgan fingerprint density at radius 1 is 1.36 bits per heavy atom. The Morgan fingerprint density at radius 2 is 2.14 bits per heavy atom. The van der Waals surface area contributed by atoms with Crippen molar-refractivity contribution in [1.29, 1.82) is 0 Å². The first kappa shape index (κ1) is 15.3. The molecule has 3 atom stereocenters. The lowest BCUT2D eigenvalue weighted by molar-refractivity contribution is -0.137. The summed E-state index contributed by atoms with van der Waals surface area (Å²) < 4.78 is 38.3. The summed E-state index contributed by atoms with van der Waals surface area (Å²) in [7, 11) is 1.79. The van der Waals surface area contributed by atoms with E-state index in [1.807, 2.05) is 0 Å². The molecule has 22 heavy (non-hydrogen) atoms. The zero-order chi connectivity index (χ0) is 15.9. The second-order valence-electron chi connectivity index (χ2n) is 6.17. The van der Waals surface area contributed by atoms with E-state index >= 15 is 0 Å². The standard InChI is InChI=1S/C16H19F3N2O/c1-21(12-5-6-20-9-12)15(22)14-8-13(14)10-3-2-4-11(7-10)16(17,18)19/h2-4,7,12-14,20H,5-6,8-9H2,1H3. The van der Waals surface area contributed by atoms with Crippen LogP contribution in [0, 0.1) is 5.92 Å². The molecule has 1 aromatic rings. The zero-order valence-corrected chi connectivity index (χ0v) is 12.4. The Kier molecular flexibility index (Phi) is 3.89. The Morgan fingerprint density at radius 3 is 2.77 bits per heavy atom. The molecule has 3 unspecified atom stereocenters. The summed E-state index contributed by atoms with van der Waals surface area (Å²) in [5.41, 5.74) is -0.0254. The first-order chi connectivity index (χ1) is 10.4. The Balaban J connectivity index is 1.68. The number of carbonyl (C=O) groups is 1. The molecule has 1 amide bonds. The number of nitrogens with one attached hydrogen (secondary N) is 1. The molecule has 2 fully saturated rings. The van der Waals surface area contributed by atoms with Gasteiger partial charge >= 0.3 is 6.18 Å². The molecule has 3 rings (SSSR count). The third-order valence-electron chi connectivity index (χ3n) is 4.68. The third kappa shape index (κ3) is 2.97. The van der Waals surface area contributed by atoms with E-state index in [2.05, 4.69) is 5.32 Å². The highest BCUT2D eigenvalue weighted by Gasteiger charge is 2.46. The van der Waals surface area contributed by atoms with Crippen LogP contribution in [-0.2, 0) is 11.0 Å². The van der Waals surface area contributed by atoms with Gasteiger partial charge in [0.15, 0.2) is 0 Å². The van der Waals surface area contributed by atoms with Gasteiger partial charge in [-0.05, 0) is 36.9 Å². The smallest absolute Gasteiger partial charge is 0.341 e. The molecular formula is C16H19F3N2O. The van der Waals surface area contributed by atoms with Crippen LogP contribution in [0.2, 0.25) is 0 Å². The van der Waals surface area contributed by atoms with Gasteiger partial charge in [-0.2, -0.15) is 13.2 Å². The van der Waals surface area contributed by atoms with Crippen molar-refractivity contribution in [3.05, 3.63) is 35.4 Å². The highest BCUT2D eigenvalue weighted by molar-refractivity contribution is 5.83. The normalized spacial score (nSPS) is 27.7. The van der Waals surface area contributed by atoms with Crippen molar-refractivity contribution >= 4 is 5.91 Å². The number of halogens is 3. The summed E-state index contributed by atoms with van der Waals surface area (Å²) in [6.07, 6.45) is -2.76. The Labute approximate surface area is 127 Å². The van der Waals surface area contributed by atoms with E-state index in [0.717, 1.165) is 25.6 Å². The molecule has 0 spiro atoms. The highest BCUT2D eigenvalue weighted by Crippen LogP contribution is 2.49. The average Bonchev–Trinajstić information content (AvgIpc) is 3.10. The SMILES string of the molecule is CN(C(=O)C1CC1c1cccc(C(F)(F)F)c1)C1CCNC1. The second-order valence-corrected chi connectivity index (χ2v) is 6.17. The van der Waals surface area contributed by atoms with Crippen LogP contribution in [0.25, 0.3) is 0 Å². The van der Waals surface area contributed by atoms with E-state index in [9.17, 15) is 18.0 Å². The van der Waals surface area contributed by atoms with Crippen molar-refractivity contribution in [2.24, 2.45) is 5.92 Å². The van der Waals surface area contributed by atoms with Crippen molar-refractivity contribution in [3.8, 4) is 0 Å². The fourth-order valence-electron chi connectivity index (χ4n) is 3.19. The molecule has 1 saturated carbocycles. The summed E-state index contributed by atoms with van der Waals surface area (Å²) in [5.74, 6) is -0.197. The fraction of sp³-hybridized carbons (Fsp3) is 0.562. The van der Waals surface area contributed by atoms with Gasteiger partial charge in [-0.15, -0.1) is 0 Å². The maximum absolute atomic E-state index is 12.8. The molecule has 1 saturated heterocycles. The Hall–Kier alpha value is -1.56. The maximum atomic E-state index is 12.8. The van der Waals surface area contributed by atoms with Gasteiger partial charge in [0.25, 0.3) is 0 Å². The van der Waals surface area contributed by atoms with Gasteiger partial charge in [0.05, 0.1) is 5.56 Å². The summed E-state index contributed by atoms with van der Waals surface area (Å²) in [4.78, 5) is 14.2. The summed E-state index contributed by atoms with van der Waals surface area (Å²) in [6.45, 7) is 1.70. The maximum Gasteiger partial charge on any atom is 0.416 e. The van der Waals surface area contributed by atoms with Crippen LogP contribution in [0.15, 0.2) is 24.3 Å². The van der Waals surface area contributed by atoms with Gasteiger partial charge in [0, 0.05) is 25.6 Å². The van der Waals surface area contributed by atoms with E-state index in [4.69, 9.17) is 0 Å². The van der Waals surface area contributed by atoms with Crippen LogP contribution in [0.5, 0.6) is 0 Å². The van der Waals surface area contributed by atoms with Crippen LogP contribution < -0.4 is 5.32 Å². The average molecular weight is 312 g/mol. The summed E-state index contributed by atoms with van der Waals surface area (Å²) in [6, 6.07) is 5.55. The fourth-order valence-corrected chi connectivity index (χ4v) is 3.19. The van der Waals surface area contributed by atoms with Crippen LogP contribution in [-0.4, -0.2) is 37.0 Å². The molecule has 1 aliphatic heterocycles. The molecule has 1 heterocycles. The van der Waals surface area contributed by atoms with E-state index in [1.165, 1.54) is 12.1 Å². The van der Waals surface area contributed by atoms with E-state index < -0.39 is 11.7 Å². The molecule has 0 radical (unpaired) electrons. The minimum Gasteiger partial charge on any atom is -0.341 e. The van der Waals surface area contributed by atoms with Crippen LogP contribution in [0.1, 0.15) is 29.9 Å². The van der Waals surface area contributed by atoms with Crippen molar-refractivity contribution in [2.45, 2.75) is 31.0 Å². The molecule has 0 bridgehead atoms. The van der Waals surface area contributed by atoms with Crippen molar-refractivity contribution in [1.82, 2.24) is 10.2 Å². The quantitative estimate of drug-likeness (QED) is 0.930. The van der Waals surface area contributed by atoms with E-state index in [0.29, 0.717) is 12.0 Å². The van der Waals surface area contributed by atoms with E-state index in [-0.39, 0.29) is 23.8 Å². The predicted molar refractivity (Wildman–Crippen MR) is 76.3 cm³/mol. The summed E-state index contributed by atoms with van der Waals surface area (Å²) >= 11 is 0. The van der Waals surface area contributed by atoms with Crippen molar-refractivity contribution in [2.75, 3.05) is 20.1 Å². The Bertz CT molecular complexity index is 567. The number of amides is 1. The van der Waals surface area contributed by atoms with Crippen molar-refractivity contribution in [3.63, 3.8) is 0 Å². The lowest BCUT2D eigenvalue weighted by Crippen LogP contribution is -2.39. The lowest BCUT2D eigenvalue weighted by atomic mass is 10.0. The molecule has 2 aliphatic rings. The number of hydrogen-bond donors (Lipinski definition) is 1. The lowest BCUT2D eigenvalue weighted by Gasteiger charge is -2.24. The molecule has 6 heteroatoms. The predicted octanol–water partition coefficient (Wildman–Crippen LogP) is 2.63. The number of likely N-dealkylation sites (N-methyl/N-ethyl adjacent to an activating group) is 1. The molecule has 1 aromatic carbocycles. The summed E-state index contributed by atoms with van der Waals surface area (Å²) in [5, 5.41) is 3.22.